The number of nitrogens with one attached hydrogen (secondary N) is 2. The van der Waals surface area contributed by atoms with Crippen LogP contribution in [-0.4, -0.2) is 46.6 Å². The first kappa shape index (κ1) is 24.8. The SMILES string of the molecule is C#CN(C(=O)CNC(=O)OC(C)(C)C)C(C(=O)NCCCCC)c1ccccc1O. The first-order valence-corrected chi connectivity index (χ1v) is 9.91. The van der Waals surface area contributed by atoms with Crippen molar-refractivity contribution in [2.45, 2.75) is 58.6 Å². The molecule has 1 atom stereocenters. The van der Waals surface area contributed by atoms with Gasteiger partial charge in [-0.3, -0.25) is 14.5 Å². The molecule has 164 valence electrons. The molecule has 3 N–H and O–H groups in total. The largest absolute Gasteiger partial charge is 0.508 e. The Bertz CT molecular complexity index is 780. The van der Waals surface area contributed by atoms with Gasteiger partial charge in [0.05, 0.1) is 0 Å². The summed E-state index contributed by atoms with van der Waals surface area (Å²) < 4.78 is 5.10. The Morgan fingerprint density at radius 1 is 1.20 bits per heavy atom. The standard InChI is InChI=1S/C22H31N3O5/c1-6-8-11-14-23-20(28)19(16-12-9-10-13-17(16)26)25(7-2)18(27)15-24-21(29)30-22(3,4)5/h2,9-10,12-13,19,26H,6,8,11,14-15H2,1,3-5H3,(H,23,28)(H,24,29). The third kappa shape index (κ3) is 8.03. The minimum atomic E-state index is -1.24. The molecule has 3 amide bonds. The molecule has 0 spiro atoms. The second kappa shape index (κ2) is 11.7. The van der Waals surface area contributed by atoms with Gasteiger partial charge in [0.2, 0.25) is 5.91 Å². The summed E-state index contributed by atoms with van der Waals surface area (Å²) in [6.07, 6.45) is 7.46. The summed E-state index contributed by atoms with van der Waals surface area (Å²) in [6, 6.07) is 7.11. The number of unbranched alkanes of at least 4 members (excludes halogenated alkanes) is 2. The molecular weight excluding hydrogens is 386 g/mol. The molecule has 0 fully saturated rings. The second-order valence-electron chi connectivity index (χ2n) is 7.71. The molecule has 0 aliphatic heterocycles. The Kier molecular flexibility index (Phi) is 9.69. The van der Waals surface area contributed by atoms with Crippen LogP contribution in [0.3, 0.4) is 0 Å². The van der Waals surface area contributed by atoms with E-state index in [0.29, 0.717) is 6.54 Å². The fourth-order valence-corrected chi connectivity index (χ4v) is 2.64. The molecule has 0 aromatic heterocycles. The Morgan fingerprint density at radius 2 is 1.87 bits per heavy atom. The van der Waals surface area contributed by atoms with Gasteiger partial charge in [0.1, 0.15) is 17.9 Å². The molecule has 1 rings (SSSR count). The van der Waals surface area contributed by atoms with Gasteiger partial charge in [0.25, 0.3) is 5.91 Å². The van der Waals surface area contributed by atoms with Gasteiger partial charge in [-0.05, 0) is 33.3 Å². The number of rotatable bonds is 9. The third-order valence-corrected chi connectivity index (χ3v) is 4.01. The van der Waals surface area contributed by atoms with Gasteiger partial charge in [-0.2, -0.15) is 0 Å². The summed E-state index contributed by atoms with van der Waals surface area (Å²) in [5.41, 5.74) is -0.538. The molecule has 0 heterocycles. The molecule has 1 aromatic carbocycles. The number of ether oxygens (including phenoxy) is 1. The van der Waals surface area contributed by atoms with Crippen LogP contribution in [0.4, 0.5) is 4.79 Å². The maximum atomic E-state index is 12.9. The smallest absolute Gasteiger partial charge is 0.408 e. The number of hydrogen-bond donors (Lipinski definition) is 3. The monoisotopic (exact) mass is 417 g/mol. The summed E-state index contributed by atoms with van der Waals surface area (Å²) in [4.78, 5) is 38.3. The van der Waals surface area contributed by atoms with Gasteiger partial charge in [-0.25, -0.2) is 4.79 Å². The molecule has 0 aliphatic rings. The first-order chi connectivity index (χ1) is 14.1. The number of phenols is 1. The fraction of sp³-hybridized carbons (Fsp3) is 0.500. The number of para-hydroxylation sites is 1. The summed E-state index contributed by atoms with van der Waals surface area (Å²) in [6.45, 7) is 7.08. The van der Waals surface area contributed by atoms with E-state index in [2.05, 4.69) is 16.7 Å². The summed E-state index contributed by atoms with van der Waals surface area (Å²) in [7, 11) is 0. The lowest BCUT2D eigenvalue weighted by atomic mass is 10.0. The first-order valence-electron chi connectivity index (χ1n) is 9.91. The van der Waals surface area contributed by atoms with E-state index in [1.807, 2.05) is 6.92 Å². The molecule has 1 aromatic rings. The van der Waals surface area contributed by atoms with Gasteiger partial charge >= 0.3 is 6.09 Å². The Hall–Kier alpha value is -3.21. The number of nitrogens with zero attached hydrogens (tertiary/aromatic N) is 1. The highest BCUT2D eigenvalue weighted by molar-refractivity contribution is 5.92. The van der Waals surface area contributed by atoms with Crippen molar-refractivity contribution >= 4 is 17.9 Å². The fourth-order valence-electron chi connectivity index (χ4n) is 2.64. The number of phenolic OH excluding ortho intramolecular Hbond substituents is 1. The molecule has 0 bridgehead atoms. The van der Waals surface area contributed by atoms with Crippen LogP contribution in [-0.2, 0) is 14.3 Å². The van der Waals surface area contributed by atoms with Crippen LogP contribution in [0.1, 0.15) is 58.6 Å². The quantitative estimate of drug-likeness (QED) is 0.325. The second-order valence-corrected chi connectivity index (χ2v) is 7.71. The highest BCUT2D eigenvalue weighted by atomic mass is 16.6. The van der Waals surface area contributed by atoms with Gasteiger partial charge in [0, 0.05) is 18.2 Å². The summed E-state index contributed by atoms with van der Waals surface area (Å²) in [5.74, 6) is -1.38. The normalized spacial score (nSPS) is 11.7. The van der Waals surface area contributed by atoms with E-state index >= 15 is 0 Å². The van der Waals surface area contributed by atoms with Crippen LogP contribution in [0.5, 0.6) is 5.75 Å². The van der Waals surface area contributed by atoms with Crippen molar-refractivity contribution in [3.05, 3.63) is 29.8 Å². The van der Waals surface area contributed by atoms with Crippen LogP contribution < -0.4 is 10.6 Å². The van der Waals surface area contributed by atoms with Crippen molar-refractivity contribution in [1.82, 2.24) is 15.5 Å². The van der Waals surface area contributed by atoms with Crippen LogP contribution in [0.15, 0.2) is 24.3 Å². The third-order valence-electron chi connectivity index (χ3n) is 4.01. The lowest BCUT2D eigenvalue weighted by Gasteiger charge is -2.27. The zero-order valence-corrected chi connectivity index (χ0v) is 18.0. The van der Waals surface area contributed by atoms with Gasteiger partial charge in [0.15, 0.2) is 6.04 Å². The van der Waals surface area contributed by atoms with Crippen molar-refractivity contribution in [3.8, 4) is 18.2 Å². The highest BCUT2D eigenvalue weighted by Gasteiger charge is 2.32. The molecule has 0 saturated carbocycles. The van der Waals surface area contributed by atoms with E-state index in [9.17, 15) is 19.5 Å². The van der Waals surface area contributed by atoms with E-state index in [1.54, 1.807) is 32.9 Å². The highest BCUT2D eigenvalue weighted by Crippen LogP contribution is 2.28. The van der Waals surface area contributed by atoms with Crippen LogP contribution >= 0.6 is 0 Å². The van der Waals surface area contributed by atoms with Gasteiger partial charge in [-0.1, -0.05) is 44.4 Å². The predicted octanol–water partition coefficient (Wildman–Crippen LogP) is 2.68. The van der Waals surface area contributed by atoms with E-state index in [1.165, 1.54) is 12.1 Å². The van der Waals surface area contributed by atoms with E-state index < -0.39 is 36.1 Å². The number of carbonyl (C=O) groups excluding carboxylic acids is 3. The minimum absolute atomic E-state index is 0.167. The lowest BCUT2D eigenvalue weighted by molar-refractivity contribution is -0.136. The van der Waals surface area contributed by atoms with Gasteiger partial charge in [-0.15, -0.1) is 0 Å². The number of benzene rings is 1. The minimum Gasteiger partial charge on any atom is -0.508 e. The molecule has 8 nitrogen and oxygen atoms in total. The maximum absolute atomic E-state index is 12.9. The number of alkyl carbamates (subject to hydrolysis) is 1. The molecule has 8 heteroatoms. The van der Waals surface area contributed by atoms with Crippen molar-refractivity contribution < 1.29 is 24.2 Å². The number of carbonyl (C=O) groups is 3. The van der Waals surface area contributed by atoms with E-state index in [0.717, 1.165) is 24.2 Å². The molecule has 0 aliphatic carbocycles. The Morgan fingerprint density at radius 3 is 2.43 bits per heavy atom. The molecule has 0 radical (unpaired) electrons. The number of aromatic hydroxyl groups is 1. The van der Waals surface area contributed by atoms with Crippen LogP contribution in [0.25, 0.3) is 0 Å². The zero-order chi connectivity index (χ0) is 22.7. The number of terminal acetylenes is 1. The molecule has 0 saturated heterocycles. The average molecular weight is 418 g/mol. The number of hydrogen-bond acceptors (Lipinski definition) is 5. The lowest BCUT2D eigenvalue weighted by Crippen LogP contribution is -2.46. The zero-order valence-electron chi connectivity index (χ0n) is 18.0. The summed E-state index contributed by atoms with van der Waals surface area (Å²) >= 11 is 0. The van der Waals surface area contributed by atoms with Crippen molar-refractivity contribution in [2.24, 2.45) is 0 Å². The van der Waals surface area contributed by atoms with E-state index in [-0.39, 0.29) is 11.3 Å². The maximum Gasteiger partial charge on any atom is 0.408 e. The Labute approximate surface area is 178 Å². The van der Waals surface area contributed by atoms with E-state index in [4.69, 9.17) is 11.2 Å². The molecule has 1 unspecified atom stereocenters. The van der Waals surface area contributed by atoms with Crippen molar-refractivity contribution in [2.75, 3.05) is 13.1 Å². The topological polar surface area (TPSA) is 108 Å². The van der Waals surface area contributed by atoms with Gasteiger partial charge < -0.3 is 20.5 Å². The average Bonchev–Trinajstić information content (AvgIpc) is 2.67. The molecular formula is C22H31N3O5. The Balaban J connectivity index is 3.01. The van der Waals surface area contributed by atoms with Crippen LogP contribution in [0, 0.1) is 12.5 Å². The van der Waals surface area contributed by atoms with Crippen molar-refractivity contribution in [1.29, 1.82) is 0 Å². The van der Waals surface area contributed by atoms with Crippen LogP contribution in [0.2, 0.25) is 0 Å². The summed E-state index contributed by atoms with van der Waals surface area (Å²) in [5, 5.41) is 15.3. The number of amides is 3. The molecule has 30 heavy (non-hydrogen) atoms. The predicted molar refractivity (Wildman–Crippen MR) is 113 cm³/mol. The van der Waals surface area contributed by atoms with Crippen molar-refractivity contribution in [3.63, 3.8) is 0 Å².